The first-order chi connectivity index (χ1) is 46.0. The van der Waals surface area contributed by atoms with Gasteiger partial charge in [0.2, 0.25) is 0 Å². The Morgan fingerprint density at radius 2 is 0.427 bits per heavy atom. The summed E-state index contributed by atoms with van der Waals surface area (Å²) in [5.74, 6) is 5.51. The van der Waals surface area contributed by atoms with E-state index in [-0.39, 0.29) is 0 Å². The van der Waals surface area contributed by atoms with Gasteiger partial charge < -0.3 is 26.5 Å². The first kappa shape index (κ1) is 69.2. The van der Waals surface area contributed by atoms with E-state index in [9.17, 15) is 0 Å². The van der Waals surface area contributed by atoms with Crippen molar-refractivity contribution in [3.05, 3.63) is 191 Å². The minimum Gasteiger partial charge on any atom is -0.454 e. The zero-order chi connectivity index (χ0) is 66.9. The molecule has 0 amide bonds. The average Bonchev–Trinajstić information content (AvgIpc) is 1.57. The summed E-state index contributed by atoms with van der Waals surface area (Å²) in [5, 5.41) is 6.83. The number of aryl methyl sites for hydroxylation is 6. The van der Waals surface area contributed by atoms with E-state index in [2.05, 4.69) is 382 Å². The van der Waals surface area contributed by atoms with E-state index in [0.717, 1.165) is 143 Å². The summed E-state index contributed by atoms with van der Waals surface area (Å²) in [5.41, 5.74) is 12.7. The fourth-order valence-electron chi connectivity index (χ4n) is 11.4. The molecule has 0 saturated heterocycles. The van der Waals surface area contributed by atoms with Crippen LogP contribution in [0.1, 0.15) is 33.4 Å². The number of hydrogen-bond donors (Lipinski definition) is 0. The van der Waals surface area contributed by atoms with Crippen molar-refractivity contribution in [2.75, 3.05) is 0 Å². The maximum Gasteiger partial charge on any atom is 0.160 e. The molecule has 12 heterocycles. The van der Waals surface area contributed by atoms with Gasteiger partial charge in [-0.05, 0) is 379 Å². The number of hydrogen-bond acceptors (Lipinski definition) is 12. The predicted octanol–water partition coefficient (Wildman–Crippen LogP) is 33.4. The van der Waals surface area contributed by atoms with Gasteiger partial charge in [0.05, 0.1) is 106 Å². The molecule has 0 atom stereocenters. The van der Waals surface area contributed by atoms with E-state index in [1.165, 1.54) is 96.4 Å². The van der Waals surface area contributed by atoms with Crippen LogP contribution in [0.4, 0.5) is 0 Å². The second-order valence-corrected chi connectivity index (χ2v) is 40.3. The van der Waals surface area contributed by atoms with Gasteiger partial charge in [0.15, 0.2) is 34.6 Å². The summed E-state index contributed by atoms with van der Waals surface area (Å²) < 4.78 is 58.6. The maximum absolute atomic E-state index is 6.35. The van der Waals surface area contributed by atoms with E-state index >= 15 is 0 Å². The van der Waals surface area contributed by atoms with Crippen LogP contribution in [0.15, 0.2) is 163 Å². The summed E-state index contributed by atoms with van der Waals surface area (Å²) in [6, 6.07) is 38.1. The van der Waals surface area contributed by atoms with Crippen LogP contribution in [0.2, 0.25) is 0 Å². The molecular weight excluding hydrogens is 2390 g/mol. The average molecular weight is 2430 g/mol. The Labute approximate surface area is 704 Å². The first-order valence-electron chi connectivity index (χ1n) is 28.8. The van der Waals surface area contributed by atoms with Crippen molar-refractivity contribution in [1.82, 2.24) is 0 Å². The van der Waals surface area contributed by atoms with Crippen LogP contribution in [0, 0.1) is 63.0 Å². The standard InChI is InChI=1S/C24H12Br4O2S2.C24H12Br2I2O2S2.C24H12I4O2S2/c1-9-3-5-11-13(7-9)29-19(15(11)25)21-17(27)23-24(31-21)18(28)22(32-23)20-16(26)12-6-4-10(2)8-14(12)30-20;1-9-3-5-11-13(7-9)29-19(17(11)27)21-15(25)23-24(31-21)16(26)22(32-23)20-18(28)12-6-4-10(2)8-14(12)30-20;1-9-3-5-11-13(7-9)29-19(15(11)25)21-17(27)23-24(31-21)18(28)22(32-23)20-16(26)12-6-4-10(2)8-14(12)30-20/h3*3-8H,1-2H3. The summed E-state index contributed by atoms with van der Waals surface area (Å²) >= 11 is 48.1. The SMILES string of the molecule is Cc1ccc2c(Br)c(-c3sc4c(Br)c(-c5oc6cc(C)ccc6c5Br)sc4c3Br)oc2c1.Cc1ccc2c(I)c(-c3sc4c(Br)c(-c5oc6cc(C)ccc6c5I)sc4c3Br)oc2c1.Cc1ccc2c(I)c(-c3sc4c(I)c(-c5oc6cc(C)ccc6c5I)sc4c3I)oc2c1. The monoisotopic (exact) mass is 2420 g/mol. The lowest BCUT2D eigenvalue weighted by Crippen LogP contribution is -1.76. The number of thiophene rings is 6. The third-order valence-electron chi connectivity index (χ3n) is 16.2. The smallest absolute Gasteiger partial charge is 0.160 e. The number of benzene rings is 6. The van der Waals surface area contributed by atoms with Crippen molar-refractivity contribution in [2.45, 2.75) is 41.5 Å². The largest absolute Gasteiger partial charge is 0.454 e. The molecule has 18 aromatic rings. The van der Waals surface area contributed by atoms with E-state index < -0.39 is 0 Å². The Morgan fingerprint density at radius 3 is 0.688 bits per heavy atom. The summed E-state index contributed by atoms with van der Waals surface area (Å²) in [6.07, 6.45) is 0. The highest BCUT2D eigenvalue weighted by Gasteiger charge is 2.31. The van der Waals surface area contributed by atoms with Crippen molar-refractivity contribution in [3.8, 4) is 63.8 Å². The molecule has 0 bridgehead atoms. The van der Waals surface area contributed by atoms with Crippen molar-refractivity contribution in [2.24, 2.45) is 0 Å². The summed E-state index contributed by atoms with van der Waals surface area (Å²) in [4.78, 5) is 6.80. The molecule has 0 unspecified atom stereocenters. The molecule has 6 aromatic carbocycles. The van der Waals surface area contributed by atoms with Gasteiger partial charge in [-0.1, -0.05) is 36.4 Å². The summed E-state index contributed by atoms with van der Waals surface area (Å²) in [7, 11) is 0. The van der Waals surface area contributed by atoms with Gasteiger partial charge >= 0.3 is 0 Å². The fraction of sp³-hybridized carbons (Fsp3) is 0.0833. The van der Waals surface area contributed by atoms with Gasteiger partial charge in [-0.2, -0.15) is 0 Å². The van der Waals surface area contributed by atoms with Gasteiger partial charge in [-0.15, -0.1) is 68.0 Å². The molecule has 0 aliphatic rings. The lowest BCUT2D eigenvalue weighted by Gasteiger charge is -1.97. The highest BCUT2D eigenvalue weighted by molar-refractivity contribution is 14.1. The van der Waals surface area contributed by atoms with Crippen LogP contribution in [0.25, 0.3) is 158 Å². The van der Waals surface area contributed by atoms with Crippen LogP contribution >= 0.6 is 299 Å². The molecule has 0 aliphatic heterocycles. The molecule has 480 valence electrons. The van der Waals surface area contributed by atoms with Crippen LogP contribution in [-0.4, -0.2) is 0 Å². The number of rotatable bonds is 6. The van der Waals surface area contributed by atoms with E-state index in [0.29, 0.717) is 0 Å². The van der Waals surface area contributed by atoms with E-state index in [4.69, 9.17) is 26.5 Å². The Hall–Kier alpha value is -1.20. The lowest BCUT2D eigenvalue weighted by atomic mass is 10.2. The lowest BCUT2D eigenvalue weighted by molar-refractivity contribution is 0.630. The first-order valence-corrected chi connectivity index (χ1v) is 45.0. The predicted molar refractivity (Wildman–Crippen MR) is 481 cm³/mol. The molecule has 0 spiro atoms. The minimum absolute atomic E-state index is 0.847. The zero-order valence-corrected chi connectivity index (χ0v) is 77.2. The van der Waals surface area contributed by atoms with Crippen LogP contribution < -0.4 is 0 Å². The Bertz CT molecular complexity index is 5340. The third-order valence-corrected chi connectivity index (χ3v) is 38.6. The quantitative estimate of drug-likeness (QED) is 0.154. The van der Waals surface area contributed by atoms with Crippen LogP contribution in [-0.2, 0) is 0 Å². The van der Waals surface area contributed by atoms with Crippen molar-refractivity contribution >= 4 is 393 Å². The maximum atomic E-state index is 6.35. The highest BCUT2D eigenvalue weighted by atomic mass is 127. The van der Waals surface area contributed by atoms with Crippen molar-refractivity contribution in [1.29, 1.82) is 0 Å². The number of fused-ring (bicyclic) bond motifs is 9. The van der Waals surface area contributed by atoms with E-state index in [1.54, 1.807) is 45.3 Å². The molecule has 96 heavy (non-hydrogen) atoms. The Kier molecular flexibility index (Phi) is 19.5. The molecule has 12 aromatic heterocycles. The fourth-order valence-corrected chi connectivity index (χ4v) is 30.9. The molecule has 6 nitrogen and oxygen atoms in total. The van der Waals surface area contributed by atoms with Gasteiger partial charge in [0, 0.05) is 32.3 Å². The number of halogens is 12. The molecule has 0 saturated carbocycles. The van der Waals surface area contributed by atoms with Crippen LogP contribution in [0.3, 0.4) is 0 Å². The van der Waals surface area contributed by atoms with Crippen molar-refractivity contribution < 1.29 is 26.5 Å². The second kappa shape index (κ2) is 27.1. The van der Waals surface area contributed by atoms with E-state index in [1.807, 2.05) is 22.7 Å². The molecule has 18 rings (SSSR count). The van der Waals surface area contributed by atoms with Gasteiger partial charge in [0.1, 0.15) is 33.5 Å². The van der Waals surface area contributed by atoms with Gasteiger partial charge in [-0.3, -0.25) is 0 Å². The minimum atomic E-state index is 0.847. The zero-order valence-electron chi connectivity index (χ0n) is 49.8. The van der Waals surface area contributed by atoms with Crippen molar-refractivity contribution in [3.63, 3.8) is 0 Å². The summed E-state index contributed by atoms with van der Waals surface area (Å²) in [6.45, 7) is 12.5. The molecule has 0 radical (unpaired) electrons. The molecule has 24 heteroatoms. The number of furan rings is 6. The third kappa shape index (κ3) is 11.9. The molecule has 0 N–H and O–H groups in total. The molecule has 0 aliphatic carbocycles. The normalized spacial score (nSPS) is 12.1. The van der Waals surface area contributed by atoms with Crippen LogP contribution in [0.5, 0.6) is 0 Å². The van der Waals surface area contributed by atoms with Gasteiger partial charge in [-0.25, -0.2) is 0 Å². The Balaban J connectivity index is 0.000000113. The Morgan fingerprint density at radius 1 is 0.229 bits per heavy atom. The topological polar surface area (TPSA) is 78.8 Å². The highest BCUT2D eigenvalue weighted by Crippen LogP contribution is 2.59. The molecular formula is C72H36Br6I6O6S6. The van der Waals surface area contributed by atoms with Gasteiger partial charge in [0.25, 0.3) is 0 Å². The second-order valence-electron chi connectivity index (χ2n) is 22.9. The molecule has 0 fully saturated rings.